The fourth-order valence-corrected chi connectivity index (χ4v) is 1.24. The second-order valence-electron chi connectivity index (χ2n) is 2.85. The van der Waals surface area contributed by atoms with Crippen molar-refractivity contribution in [2.45, 2.75) is 33.2 Å². The summed E-state index contributed by atoms with van der Waals surface area (Å²) in [4.78, 5) is 0. The van der Waals surface area contributed by atoms with E-state index in [1.54, 1.807) is 0 Å². The summed E-state index contributed by atoms with van der Waals surface area (Å²) in [5.41, 5.74) is 9.09. The van der Waals surface area contributed by atoms with Gasteiger partial charge in [0.15, 0.2) is 0 Å². The molecule has 0 saturated heterocycles. The van der Waals surface area contributed by atoms with Gasteiger partial charge in [-0.2, -0.15) is 5.10 Å². The predicted molar refractivity (Wildman–Crippen MR) is 45.3 cm³/mol. The summed E-state index contributed by atoms with van der Waals surface area (Å²) in [5, 5.41) is 7.11. The van der Waals surface area contributed by atoms with Gasteiger partial charge in [-0.1, -0.05) is 6.92 Å². The zero-order valence-corrected chi connectivity index (χ0v) is 7.31. The highest BCUT2D eigenvalue weighted by Crippen LogP contribution is 2.15. The first kappa shape index (κ1) is 8.27. The Morgan fingerprint density at radius 1 is 1.64 bits per heavy atom. The van der Waals surface area contributed by atoms with E-state index in [-0.39, 0.29) is 6.04 Å². The van der Waals surface area contributed by atoms with E-state index in [1.807, 2.05) is 6.92 Å². The molecule has 3 nitrogen and oxygen atoms in total. The highest BCUT2D eigenvalue weighted by atomic mass is 15.1. The number of nitrogens with two attached hydrogens (primary N) is 1. The average Bonchev–Trinajstić information content (AvgIpc) is 2.30. The Morgan fingerprint density at radius 3 is 2.55 bits per heavy atom. The third kappa shape index (κ3) is 1.43. The molecule has 1 heterocycles. The molecule has 1 atom stereocenters. The number of nitrogens with one attached hydrogen (secondary N) is 1. The van der Waals surface area contributed by atoms with Crippen molar-refractivity contribution in [1.82, 2.24) is 10.2 Å². The minimum atomic E-state index is 0.0338. The molecule has 0 fully saturated rings. The van der Waals surface area contributed by atoms with E-state index in [1.165, 1.54) is 11.3 Å². The van der Waals surface area contributed by atoms with E-state index in [2.05, 4.69) is 24.0 Å². The lowest BCUT2D eigenvalue weighted by Crippen LogP contribution is -2.06. The molecule has 11 heavy (non-hydrogen) atoms. The predicted octanol–water partition coefficient (Wildman–Crippen LogP) is 1.30. The van der Waals surface area contributed by atoms with Gasteiger partial charge in [0.1, 0.15) is 0 Å². The van der Waals surface area contributed by atoms with E-state index < -0.39 is 0 Å². The van der Waals surface area contributed by atoms with Crippen molar-refractivity contribution in [3.63, 3.8) is 0 Å². The maximum atomic E-state index is 5.70. The number of H-pyrrole nitrogens is 1. The molecule has 62 valence electrons. The van der Waals surface area contributed by atoms with Gasteiger partial charge in [0, 0.05) is 11.7 Å². The molecule has 0 saturated carbocycles. The molecule has 1 aromatic rings. The standard InChI is InChI=1S/C8H15N3/c1-4-7-5(2)8(6(3)9)11-10-7/h6H,4,9H2,1-3H3,(H,10,11)/t6-/m0/s1. The van der Waals surface area contributed by atoms with Gasteiger partial charge in [-0.05, 0) is 25.8 Å². The Balaban J connectivity index is 3.00. The van der Waals surface area contributed by atoms with Gasteiger partial charge in [0.25, 0.3) is 0 Å². The van der Waals surface area contributed by atoms with Gasteiger partial charge in [0.2, 0.25) is 0 Å². The van der Waals surface area contributed by atoms with Crippen molar-refractivity contribution in [2.24, 2.45) is 5.73 Å². The quantitative estimate of drug-likeness (QED) is 0.672. The Hall–Kier alpha value is -0.830. The van der Waals surface area contributed by atoms with Crippen LogP contribution in [0.4, 0.5) is 0 Å². The van der Waals surface area contributed by atoms with E-state index in [4.69, 9.17) is 5.73 Å². The van der Waals surface area contributed by atoms with Crippen LogP contribution in [0.15, 0.2) is 0 Å². The molecule has 0 amide bonds. The molecule has 3 N–H and O–H groups in total. The maximum Gasteiger partial charge on any atom is 0.0818 e. The minimum Gasteiger partial charge on any atom is -0.323 e. The first-order valence-corrected chi connectivity index (χ1v) is 3.96. The topological polar surface area (TPSA) is 54.7 Å². The summed E-state index contributed by atoms with van der Waals surface area (Å²) >= 11 is 0. The van der Waals surface area contributed by atoms with E-state index >= 15 is 0 Å². The first-order valence-electron chi connectivity index (χ1n) is 3.96. The Morgan fingerprint density at radius 2 is 2.27 bits per heavy atom. The van der Waals surface area contributed by atoms with Crippen molar-refractivity contribution in [1.29, 1.82) is 0 Å². The second-order valence-corrected chi connectivity index (χ2v) is 2.85. The van der Waals surface area contributed by atoms with Crippen LogP contribution in [0.3, 0.4) is 0 Å². The molecular weight excluding hydrogens is 138 g/mol. The summed E-state index contributed by atoms with van der Waals surface area (Å²) < 4.78 is 0. The molecule has 0 aliphatic carbocycles. The number of aromatic amines is 1. The molecule has 3 heteroatoms. The van der Waals surface area contributed by atoms with Crippen LogP contribution in [0.2, 0.25) is 0 Å². The van der Waals surface area contributed by atoms with Crippen molar-refractivity contribution in [3.05, 3.63) is 17.0 Å². The monoisotopic (exact) mass is 153 g/mol. The highest BCUT2D eigenvalue weighted by molar-refractivity contribution is 5.25. The average molecular weight is 153 g/mol. The molecular formula is C8H15N3. The van der Waals surface area contributed by atoms with Gasteiger partial charge in [-0.15, -0.1) is 0 Å². The van der Waals surface area contributed by atoms with Crippen molar-refractivity contribution in [2.75, 3.05) is 0 Å². The fraction of sp³-hybridized carbons (Fsp3) is 0.625. The van der Waals surface area contributed by atoms with Gasteiger partial charge in [-0.25, -0.2) is 0 Å². The molecule has 0 spiro atoms. The van der Waals surface area contributed by atoms with Crippen LogP contribution in [0, 0.1) is 6.92 Å². The third-order valence-electron chi connectivity index (χ3n) is 1.93. The Kier molecular flexibility index (Phi) is 2.29. The van der Waals surface area contributed by atoms with Crippen LogP contribution >= 0.6 is 0 Å². The second kappa shape index (κ2) is 3.05. The lowest BCUT2D eigenvalue weighted by atomic mass is 10.1. The van der Waals surface area contributed by atoms with E-state index in [0.29, 0.717) is 0 Å². The molecule has 0 aromatic carbocycles. The zero-order valence-electron chi connectivity index (χ0n) is 7.31. The van der Waals surface area contributed by atoms with E-state index in [9.17, 15) is 0 Å². The normalized spacial score (nSPS) is 13.5. The number of nitrogens with zero attached hydrogens (tertiary/aromatic N) is 1. The summed E-state index contributed by atoms with van der Waals surface area (Å²) in [6.07, 6.45) is 0.992. The minimum absolute atomic E-state index is 0.0338. The van der Waals surface area contributed by atoms with Crippen LogP contribution in [-0.2, 0) is 6.42 Å². The molecule has 0 radical (unpaired) electrons. The van der Waals surface area contributed by atoms with E-state index in [0.717, 1.165) is 12.1 Å². The van der Waals surface area contributed by atoms with Gasteiger partial charge in [0.05, 0.1) is 5.69 Å². The molecule has 0 bridgehead atoms. The molecule has 0 unspecified atom stereocenters. The van der Waals surface area contributed by atoms with Gasteiger partial charge < -0.3 is 5.73 Å². The number of hydrogen-bond donors (Lipinski definition) is 2. The first-order chi connectivity index (χ1) is 5.16. The van der Waals surface area contributed by atoms with Crippen molar-refractivity contribution in [3.8, 4) is 0 Å². The molecule has 0 aliphatic heterocycles. The molecule has 1 aromatic heterocycles. The highest BCUT2D eigenvalue weighted by Gasteiger charge is 2.09. The summed E-state index contributed by atoms with van der Waals surface area (Å²) in [6.45, 7) is 6.11. The van der Waals surface area contributed by atoms with Crippen LogP contribution in [-0.4, -0.2) is 10.2 Å². The van der Waals surface area contributed by atoms with Crippen LogP contribution in [0.25, 0.3) is 0 Å². The number of rotatable bonds is 2. The Bertz CT molecular complexity index is 237. The SMILES string of the molecule is CCc1[nH]nc([C@H](C)N)c1C. The lowest BCUT2D eigenvalue weighted by Gasteiger charge is -2.00. The summed E-state index contributed by atoms with van der Waals surface area (Å²) in [6, 6.07) is 0.0338. The van der Waals surface area contributed by atoms with Gasteiger partial charge >= 0.3 is 0 Å². The maximum absolute atomic E-state index is 5.70. The largest absolute Gasteiger partial charge is 0.323 e. The smallest absolute Gasteiger partial charge is 0.0818 e. The fourth-order valence-electron chi connectivity index (χ4n) is 1.24. The number of aromatic nitrogens is 2. The zero-order chi connectivity index (χ0) is 8.43. The van der Waals surface area contributed by atoms with Crippen LogP contribution in [0.1, 0.15) is 36.8 Å². The van der Waals surface area contributed by atoms with Gasteiger partial charge in [-0.3, -0.25) is 5.10 Å². The van der Waals surface area contributed by atoms with Crippen LogP contribution in [0.5, 0.6) is 0 Å². The molecule has 0 aliphatic rings. The number of aryl methyl sites for hydroxylation is 1. The summed E-state index contributed by atoms with van der Waals surface area (Å²) in [7, 11) is 0. The molecule has 1 rings (SSSR count). The number of hydrogen-bond acceptors (Lipinski definition) is 2. The lowest BCUT2D eigenvalue weighted by molar-refractivity contribution is 0.766. The van der Waals surface area contributed by atoms with Crippen molar-refractivity contribution < 1.29 is 0 Å². The summed E-state index contributed by atoms with van der Waals surface area (Å²) in [5.74, 6) is 0. The van der Waals surface area contributed by atoms with Crippen molar-refractivity contribution >= 4 is 0 Å². The third-order valence-corrected chi connectivity index (χ3v) is 1.93. The van der Waals surface area contributed by atoms with Crippen LogP contribution < -0.4 is 5.73 Å². The Labute approximate surface area is 67.0 Å².